The Hall–Kier alpha value is -2.00. The Morgan fingerprint density at radius 2 is 1.91 bits per heavy atom. The summed E-state index contributed by atoms with van der Waals surface area (Å²) in [6.45, 7) is 0. The summed E-state index contributed by atoms with van der Waals surface area (Å²) in [4.78, 5) is 10.7. The summed E-state index contributed by atoms with van der Waals surface area (Å²) in [6, 6.07) is 6.77. The number of esters is 1. The molecule has 23 heavy (non-hydrogen) atoms. The molecule has 9 heteroatoms. The Bertz CT molecular complexity index is 848. The highest BCUT2D eigenvalue weighted by Crippen LogP contribution is 2.28. The van der Waals surface area contributed by atoms with Crippen molar-refractivity contribution in [2.45, 2.75) is 4.90 Å². The molecule has 5 nitrogen and oxygen atoms in total. The van der Waals surface area contributed by atoms with Crippen LogP contribution in [-0.4, -0.2) is 21.5 Å². The standard InChI is InChI=1S/C14H10BrF2NO4S/c1-22-14(19)8-3-2-4-10(5-8)18-23(20,21)13-11(15)6-9(16)7-12(13)17/h2-7,18H,1H3. The topological polar surface area (TPSA) is 72.5 Å². The molecule has 0 aromatic heterocycles. The van der Waals surface area contributed by atoms with Crippen LogP contribution in [0.25, 0.3) is 0 Å². The number of rotatable bonds is 4. The third kappa shape index (κ3) is 3.85. The van der Waals surface area contributed by atoms with Crippen molar-refractivity contribution in [3.8, 4) is 0 Å². The van der Waals surface area contributed by atoms with Gasteiger partial charge in [0.05, 0.1) is 12.7 Å². The summed E-state index contributed by atoms with van der Waals surface area (Å²) in [5, 5.41) is 0. The van der Waals surface area contributed by atoms with Crippen LogP contribution in [0, 0.1) is 11.6 Å². The van der Waals surface area contributed by atoms with E-state index in [9.17, 15) is 22.0 Å². The molecule has 0 saturated carbocycles. The van der Waals surface area contributed by atoms with Crippen molar-refractivity contribution in [1.82, 2.24) is 0 Å². The molecule has 0 radical (unpaired) electrons. The van der Waals surface area contributed by atoms with Gasteiger partial charge in [-0.25, -0.2) is 22.0 Å². The van der Waals surface area contributed by atoms with Gasteiger partial charge < -0.3 is 4.74 Å². The van der Waals surface area contributed by atoms with Crippen LogP contribution in [0.1, 0.15) is 10.4 Å². The first-order valence-electron chi connectivity index (χ1n) is 6.10. The molecule has 0 fully saturated rings. The second-order valence-electron chi connectivity index (χ2n) is 4.38. The van der Waals surface area contributed by atoms with Gasteiger partial charge in [0, 0.05) is 16.2 Å². The Labute approximate surface area is 139 Å². The lowest BCUT2D eigenvalue weighted by Gasteiger charge is -2.11. The van der Waals surface area contributed by atoms with E-state index in [4.69, 9.17) is 0 Å². The molecule has 0 heterocycles. The van der Waals surface area contributed by atoms with E-state index in [0.717, 1.165) is 6.07 Å². The second-order valence-corrected chi connectivity index (χ2v) is 6.85. The molecule has 0 spiro atoms. The number of halogens is 3. The number of nitrogens with one attached hydrogen (secondary N) is 1. The van der Waals surface area contributed by atoms with Crippen LogP contribution in [0.3, 0.4) is 0 Å². The molecule has 0 saturated heterocycles. The summed E-state index contributed by atoms with van der Waals surface area (Å²) < 4.78 is 57.8. The highest BCUT2D eigenvalue weighted by atomic mass is 79.9. The van der Waals surface area contributed by atoms with Crippen molar-refractivity contribution in [3.05, 3.63) is 58.1 Å². The van der Waals surface area contributed by atoms with Crippen LogP contribution in [-0.2, 0) is 14.8 Å². The van der Waals surface area contributed by atoms with Gasteiger partial charge in [0.25, 0.3) is 10.0 Å². The molecule has 2 aromatic rings. The number of ether oxygens (including phenoxy) is 1. The molecule has 0 atom stereocenters. The maximum atomic E-state index is 13.8. The fourth-order valence-corrected chi connectivity index (χ4v) is 4.04. The minimum absolute atomic E-state index is 0.0310. The van der Waals surface area contributed by atoms with Gasteiger partial charge >= 0.3 is 5.97 Å². The van der Waals surface area contributed by atoms with Gasteiger partial charge in [-0.3, -0.25) is 4.72 Å². The average Bonchev–Trinajstić information content (AvgIpc) is 2.44. The SMILES string of the molecule is COC(=O)c1cccc(NS(=O)(=O)c2c(F)cc(F)cc2Br)c1. The molecule has 122 valence electrons. The van der Waals surface area contributed by atoms with E-state index < -0.39 is 32.5 Å². The summed E-state index contributed by atoms with van der Waals surface area (Å²) >= 11 is 2.82. The van der Waals surface area contributed by atoms with Gasteiger partial charge in [-0.1, -0.05) is 6.07 Å². The maximum Gasteiger partial charge on any atom is 0.337 e. The maximum absolute atomic E-state index is 13.8. The lowest BCUT2D eigenvalue weighted by atomic mass is 10.2. The predicted molar refractivity (Wildman–Crippen MR) is 82.6 cm³/mol. The number of carbonyl (C=O) groups excluding carboxylic acids is 1. The molecule has 2 aromatic carbocycles. The van der Waals surface area contributed by atoms with Crippen molar-refractivity contribution >= 4 is 37.6 Å². The number of hydrogen-bond acceptors (Lipinski definition) is 4. The van der Waals surface area contributed by atoms with E-state index in [1.54, 1.807) is 0 Å². The smallest absolute Gasteiger partial charge is 0.337 e. The Morgan fingerprint density at radius 3 is 2.52 bits per heavy atom. The quantitative estimate of drug-likeness (QED) is 0.791. The molecule has 0 bridgehead atoms. The number of anilines is 1. The molecular weight excluding hydrogens is 396 g/mol. The third-order valence-corrected chi connectivity index (χ3v) is 5.11. The van der Waals surface area contributed by atoms with E-state index >= 15 is 0 Å². The first-order valence-corrected chi connectivity index (χ1v) is 8.38. The van der Waals surface area contributed by atoms with Crippen molar-refractivity contribution < 1.29 is 26.7 Å². The monoisotopic (exact) mass is 405 g/mol. The molecule has 0 aliphatic rings. The zero-order valence-electron chi connectivity index (χ0n) is 11.6. The summed E-state index contributed by atoms with van der Waals surface area (Å²) in [7, 11) is -3.15. The van der Waals surface area contributed by atoms with E-state index in [2.05, 4.69) is 25.4 Å². The lowest BCUT2D eigenvalue weighted by molar-refractivity contribution is 0.0600. The normalized spacial score (nSPS) is 11.1. The summed E-state index contributed by atoms with van der Waals surface area (Å²) in [5.41, 5.74) is 0.148. The average molecular weight is 406 g/mol. The predicted octanol–water partition coefficient (Wildman–Crippen LogP) is 3.31. The number of carbonyl (C=O) groups is 1. The summed E-state index contributed by atoms with van der Waals surface area (Å²) in [6.07, 6.45) is 0. The van der Waals surface area contributed by atoms with Gasteiger partial charge in [-0.15, -0.1) is 0 Å². The van der Waals surface area contributed by atoms with E-state index in [1.165, 1.54) is 31.4 Å². The van der Waals surface area contributed by atoms with Gasteiger partial charge in [-0.2, -0.15) is 0 Å². The van der Waals surface area contributed by atoms with Crippen LogP contribution in [0.5, 0.6) is 0 Å². The molecule has 1 N–H and O–H groups in total. The Morgan fingerprint density at radius 1 is 1.22 bits per heavy atom. The number of sulfonamides is 1. The highest BCUT2D eigenvalue weighted by molar-refractivity contribution is 9.10. The molecule has 0 unspecified atom stereocenters. The Balaban J connectivity index is 2.42. The largest absolute Gasteiger partial charge is 0.465 e. The molecule has 0 aliphatic heterocycles. The zero-order valence-corrected chi connectivity index (χ0v) is 14.0. The Kier molecular flexibility index (Phi) is 5.00. The summed E-state index contributed by atoms with van der Waals surface area (Å²) in [5.74, 6) is -2.81. The minimum Gasteiger partial charge on any atom is -0.465 e. The van der Waals surface area contributed by atoms with Crippen molar-refractivity contribution in [1.29, 1.82) is 0 Å². The van der Waals surface area contributed by atoms with E-state index in [0.29, 0.717) is 6.07 Å². The van der Waals surface area contributed by atoms with Crippen LogP contribution in [0.4, 0.5) is 14.5 Å². The fraction of sp³-hybridized carbons (Fsp3) is 0.0714. The number of methoxy groups -OCH3 is 1. The lowest BCUT2D eigenvalue weighted by Crippen LogP contribution is -2.16. The van der Waals surface area contributed by atoms with Gasteiger partial charge in [0.2, 0.25) is 0 Å². The first kappa shape index (κ1) is 17.4. The van der Waals surface area contributed by atoms with Gasteiger partial charge in [0.15, 0.2) is 0 Å². The molecule has 0 aliphatic carbocycles. The molecule has 0 amide bonds. The van der Waals surface area contributed by atoms with Crippen LogP contribution < -0.4 is 4.72 Å². The molecular formula is C14H10BrF2NO4S. The number of hydrogen-bond donors (Lipinski definition) is 1. The third-order valence-electron chi connectivity index (χ3n) is 2.77. The zero-order chi connectivity index (χ0) is 17.2. The minimum atomic E-state index is -4.33. The van der Waals surface area contributed by atoms with Crippen LogP contribution in [0.2, 0.25) is 0 Å². The van der Waals surface area contributed by atoms with E-state index in [1.807, 2.05) is 0 Å². The van der Waals surface area contributed by atoms with Crippen molar-refractivity contribution in [3.63, 3.8) is 0 Å². The fourth-order valence-electron chi connectivity index (χ4n) is 1.82. The first-order chi connectivity index (χ1) is 10.7. The van der Waals surface area contributed by atoms with Crippen LogP contribution in [0.15, 0.2) is 45.8 Å². The number of benzene rings is 2. The van der Waals surface area contributed by atoms with Crippen molar-refractivity contribution in [2.75, 3.05) is 11.8 Å². The van der Waals surface area contributed by atoms with Gasteiger partial charge in [-0.05, 0) is 40.2 Å². The highest BCUT2D eigenvalue weighted by Gasteiger charge is 2.24. The second kappa shape index (κ2) is 6.63. The van der Waals surface area contributed by atoms with Gasteiger partial charge in [0.1, 0.15) is 16.5 Å². The van der Waals surface area contributed by atoms with Crippen LogP contribution >= 0.6 is 15.9 Å². The van der Waals surface area contributed by atoms with E-state index in [-0.39, 0.29) is 15.7 Å². The van der Waals surface area contributed by atoms with Crippen molar-refractivity contribution in [2.24, 2.45) is 0 Å². The molecule has 2 rings (SSSR count).